The molecule has 0 radical (unpaired) electrons. The molecule has 8 nitrogen and oxygen atoms in total. The molecule has 1 aliphatic heterocycles. The first kappa shape index (κ1) is 19.0. The molecule has 3 rings (SSSR count). The standard InChI is InChI=1S/C18H18N2O6S/c21-7-5-19-17(23)11-1-3-13-14-4-2-12(18(24)20-6-8-22)10-16(14)27(25,26)15(13)9-11/h1-4,9-10,21-22H,5-8H2,(H,19,23)(H,20,24). The summed E-state index contributed by atoms with van der Waals surface area (Å²) in [5.74, 6) is -0.968. The highest BCUT2D eigenvalue weighted by Crippen LogP contribution is 2.43. The van der Waals surface area contributed by atoms with Crippen molar-refractivity contribution < 1.29 is 28.2 Å². The molecule has 0 saturated carbocycles. The Balaban J connectivity index is 2.00. The van der Waals surface area contributed by atoms with Crippen LogP contribution in [0.1, 0.15) is 20.7 Å². The van der Waals surface area contributed by atoms with Crippen LogP contribution in [0.2, 0.25) is 0 Å². The number of carbonyl (C=O) groups is 2. The van der Waals surface area contributed by atoms with E-state index >= 15 is 0 Å². The van der Waals surface area contributed by atoms with E-state index in [1.165, 1.54) is 24.3 Å². The molecular weight excluding hydrogens is 372 g/mol. The molecule has 1 aliphatic rings. The Morgan fingerprint density at radius 1 is 0.778 bits per heavy atom. The first-order valence-electron chi connectivity index (χ1n) is 8.22. The topological polar surface area (TPSA) is 133 Å². The van der Waals surface area contributed by atoms with Gasteiger partial charge in [-0.25, -0.2) is 8.42 Å². The summed E-state index contributed by atoms with van der Waals surface area (Å²) in [5.41, 5.74) is 1.26. The van der Waals surface area contributed by atoms with Gasteiger partial charge >= 0.3 is 0 Å². The second kappa shape index (κ2) is 7.47. The molecule has 0 atom stereocenters. The molecule has 142 valence electrons. The number of carbonyl (C=O) groups excluding carboxylic acids is 2. The van der Waals surface area contributed by atoms with E-state index in [-0.39, 0.29) is 47.2 Å². The molecule has 2 amide bonds. The van der Waals surface area contributed by atoms with Crippen molar-refractivity contribution >= 4 is 21.7 Å². The monoisotopic (exact) mass is 390 g/mol. The van der Waals surface area contributed by atoms with Crippen LogP contribution >= 0.6 is 0 Å². The van der Waals surface area contributed by atoms with E-state index in [0.717, 1.165) is 0 Å². The average molecular weight is 390 g/mol. The van der Waals surface area contributed by atoms with Crippen LogP contribution in [0.3, 0.4) is 0 Å². The van der Waals surface area contributed by atoms with Gasteiger partial charge in [-0.1, -0.05) is 12.1 Å². The maximum absolute atomic E-state index is 12.9. The quantitative estimate of drug-likeness (QED) is 0.466. The van der Waals surface area contributed by atoms with E-state index in [0.29, 0.717) is 11.1 Å². The lowest BCUT2D eigenvalue weighted by atomic mass is 10.0. The van der Waals surface area contributed by atoms with Crippen molar-refractivity contribution in [1.29, 1.82) is 0 Å². The maximum Gasteiger partial charge on any atom is 0.251 e. The largest absolute Gasteiger partial charge is 0.395 e. The van der Waals surface area contributed by atoms with Gasteiger partial charge in [0.2, 0.25) is 9.84 Å². The van der Waals surface area contributed by atoms with Crippen molar-refractivity contribution in [2.45, 2.75) is 9.79 Å². The Kier molecular flexibility index (Phi) is 5.26. The molecule has 0 aliphatic carbocycles. The predicted molar refractivity (Wildman–Crippen MR) is 96.2 cm³/mol. The van der Waals surface area contributed by atoms with E-state index < -0.39 is 21.7 Å². The zero-order valence-electron chi connectivity index (χ0n) is 14.2. The second-order valence-corrected chi connectivity index (χ2v) is 7.77. The minimum Gasteiger partial charge on any atom is -0.395 e. The number of rotatable bonds is 6. The van der Waals surface area contributed by atoms with E-state index in [4.69, 9.17) is 10.2 Å². The lowest BCUT2D eigenvalue weighted by Gasteiger charge is -2.05. The summed E-state index contributed by atoms with van der Waals surface area (Å²) in [7, 11) is -3.88. The van der Waals surface area contributed by atoms with Crippen LogP contribution in [0.5, 0.6) is 0 Å². The predicted octanol–water partition coefficient (Wildman–Crippen LogP) is -0.0560. The summed E-state index contributed by atoms with van der Waals surface area (Å²) in [5, 5.41) is 22.5. The molecule has 27 heavy (non-hydrogen) atoms. The minimum atomic E-state index is -3.88. The van der Waals surface area contributed by atoms with Crippen LogP contribution in [-0.4, -0.2) is 56.7 Å². The number of aliphatic hydroxyl groups is 2. The molecule has 2 aromatic rings. The van der Waals surface area contributed by atoms with Crippen molar-refractivity contribution in [2.75, 3.05) is 26.3 Å². The Labute approximate surface area is 155 Å². The summed E-state index contributed by atoms with van der Waals surface area (Å²) in [4.78, 5) is 24.1. The third kappa shape index (κ3) is 3.44. The summed E-state index contributed by atoms with van der Waals surface area (Å²) < 4.78 is 25.8. The van der Waals surface area contributed by atoms with Gasteiger partial charge in [-0.2, -0.15) is 0 Å². The first-order chi connectivity index (χ1) is 12.9. The number of sulfone groups is 1. The van der Waals surface area contributed by atoms with Gasteiger partial charge < -0.3 is 20.8 Å². The van der Waals surface area contributed by atoms with E-state index in [1.807, 2.05) is 0 Å². The maximum atomic E-state index is 12.9. The van der Waals surface area contributed by atoms with E-state index in [2.05, 4.69) is 10.6 Å². The fourth-order valence-corrected chi connectivity index (χ4v) is 4.61. The van der Waals surface area contributed by atoms with Crippen LogP contribution in [0.4, 0.5) is 0 Å². The van der Waals surface area contributed by atoms with Crippen LogP contribution in [0, 0.1) is 0 Å². The number of aliphatic hydroxyl groups excluding tert-OH is 2. The van der Waals surface area contributed by atoms with Gasteiger partial charge in [-0.15, -0.1) is 0 Å². The fourth-order valence-electron chi connectivity index (χ4n) is 2.88. The lowest BCUT2D eigenvalue weighted by Crippen LogP contribution is -2.26. The summed E-state index contributed by atoms with van der Waals surface area (Å²) >= 11 is 0. The first-order valence-corrected chi connectivity index (χ1v) is 9.70. The van der Waals surface area contributed by atoms with Crippen molar-refractivity contribution in [3.05, 3.63) is 47.5 Å². The average Bonchev–Trinajstić information content (AvgIpc) is 2.90. The molecule has 1 heterocycles. The van der Waals surface area contributed by atoms with E-state index in [1.54, 1.807) is 12.1 Å². The molecular formula is C18H18N2O6S. The number of benzene rings is 2. The zero-order valence-corrected chi connectivity index (χ0v) is 15.0. The van der Waals surface area contributed by atoms with Crippen molar-refractivity contribution in [3.8, 4) is 11.1 Å². The molecule has 0 fully saturated rings. The van der Waals surface area contributed by atoms with Crippen LogP contribution < -0.4 is 10.6 Å². The lowest BCUT2D eigenvalue weighted by molar-refractivity contribution is 0.0937. The Hall–Kier alpha value is -2.75. The third-order valence-corrected chi connectivity index (χ3v) is 5.99. The number of fused-ring (bicyclic) bond motifs is 3. The number of amides is 2. The van der Waals surface area contributed by atoms with Gasteiger partial charge in [-0.3, -0.25) is 9.59 Å². The molecule has 0 bridgehead atoms. The summed E-state index contributed by atoms with van der Waals surface area (Å²) in [6.07, 6.45) is 0. The number of hydrogen-bond donors (Lipinski definition) is 4. The molecule has 4 N–H and O–H groups in total. The molecule has 0 aromatic heterocycles. The Morgan fingerprint density at radius 2 is 1.19 bits per heavy atom. The van der Waals surface area contributed by atoms with Crippen molar-refractivity contribution in [3.63, 3.8) is 0 Å². The summed E-state index contributed by atoms with van der Waals surface area (Å²) in [6.45, 7) is -0.312. The highest BCUT2D eigenvalue weighted by molar-refractivity contribution is 7.92. The molecule has 0 spiro atoms. The van der Waals surface area contributed by atoms with Crippen molar-refractivity contribution in [1.82, 2.24) is 10.6 Å². The zero-order chi connectivity index (χ0) is 19.6. The molecule has 2 aromatic carbocycles. The van der Waals surface area contributed by atoms with Crippen LogP contribution in [-0.2, 0) is 9.84 Å². The third-order valence-electron chi connectivity index (χ3n) is 4.15. The van der Waals surface area contributed by atoms with Crippen molar-refractivity contribution in [2.24, 2.45) is 0 Å². The van der Waals surface area contributed by atoms with Crippen LogP contribution in [0.15, 0.2) is 46.2 Å². The normalized spacial score (nSPS) is 13.6. The Morgan fingerprint density at radius 3 is 1.56 bits per heavy atom. The highest BCUT2D eigenvalue weighted by atomic mass is 32.2. The number of hydrogen-bond acceptors (Lipinski definition) is 6. The molecule has 0 saturated heterocycles. The SMILES string of the molecule is O=C(NCCO)c1ccc2c(c1)S(=O)(=O)c1cc(C(=O)NCCO)ccc1-2. The van der Waals surface area contributed by atoms with Gasteiger partial charge in [-0.05, 0) is 24.3 Å². The minimum absolute atomic E-state index is 0.00191. The van der Waals surface area contributed by atoms with E-state index in [9.17, 15) is 18.0 Å². The van der Waals surface area contributed by atoms with Gasteiger partial charge in [0.25, 0.3) is 11.8 Å². The smallest absolute Gasteiger partial charge is 0.251 e. The second-order valence-electron chi connectivity index (χ2n) is 5.88. The molecule has 0 unspecified atom stereocenters. The fraction of sp³-hybridized carbons (Fsp3) is 0.222. The van der Waals surface area contributed by atoms with Gasteiger partial charge in [0.05, 0.1) is 23.0 Å². The Bertz CT molecular complexity index is 941. The van der Waals surface area contributed by atoms with Gasteiger partial charge in [0.15, 0.2) is 0 Å². The van der Waals surface area contributed by atoms with Gasteiger partial charge in [0.1, 0.15) is 0 Å². The summed E-state index contributed by atoms with van der Waals surface area (Å²) in [6, 6.07) is 8.72. The number of nitrogens with one attached hydrogen (secondary N) is 2. The van der Waals surface area contributed by atoms with Crippen LogP contribution in [0.25, 0.3) is 11.1 Å². The van der Waals surface area contributed by atoms with Gasteiger partial charge in [0, 0.05) is 35.3 Å². The highest BCUT2D eigenvalue weighted by Gasteiger charge is 2.34. The molecule has 9 heteroatoms.